The molecule has 0 amide bonds. The van der Waals surface area contributed by atoms with Gasteiger partial charge in [-0.1, -0.05) is 6.92 Å². The summed E-state index contributed by atoms with van der Waals surface area (Å²) in [6.45, 7) is 3.28. The molecule has 0 bridgehead atoms. The largest absolute Gasteiger partial charge is 0.335 e. The van der Waals surface area contributed by atoms with E-state index in [0.717, 1.165) is 19.4 Å². The summed E-state index contributed by atoms with van der Waals surface area (Å²) >= 11 is 0. The third kappa shape index (κ3) is 1.49. The Bertz CT molecular complexity index is 376. The van der Waals surface area contributed by atoms with Crippen molar-refractivity contribution >= 4 is 0 Å². The number of rotatable bonds is 2. The highest BCUT2D eigenvalue weighted by molar-refractivity contribution is 5.12. The van der Waals surface area contributed by atoms with Gasteiger partial charge in [0, 0.05) is 24.7 Å². The summed E-state index contributed by atoms with van der Waals surface area (Å²) in [7, 11) is 0. The summed E-state index contributed by atoms with van der Waals surface area (Å²) in [5.74, 6) is 1.94. The van der Waals surface area contributed by atoms with Gasteiger partial charge in [0.15, 0.2) is 0 Å². The van der Waals surface area contributed by atoms with Crippen LogP contribution < -0.4 is 5.73 Å². The minimum absolute atomic E-state index is 0.170. The van der Waals surface area contributed by atoms with Crippen molar-refractivity contribution in [2.45, 2.75) is 51.1 Å². The molecule has 1 aliphatic carbocycles. The van der Waals surface area contributed by atoms with Gasteiger partial charge in [-0.25, -0.2) is 4.98 Å². The van der Waals surface area contributed by atoms with E-state index in [1.54, 1.807) is 0 Å². The first-order valence-electron chi connectivity index (χ1n) is 6.05. The fourth-order valence-corrected chi connectivity index (χ4v) is 2.70. The summed E-state index contributed by atoms with van der Waals surface area (Å²) in [5.41, 5.74) is 7.68. The van der Waals surface area contributed by atoms with Crippen LogP contribution in [0.3, 0.4) is 0 Å². The number of imidazole rings is 1. The zero-order valence-electron chi connectivity index (χ0n) is 9.37. The van der Waals surface area contributed by atoms with Crippen molar-refractivity contribution in [3.05, 3.63) is 17.7 Å². The van der Waals surface area contributed by atoms with E-state index in [9.17, 15) is 0 Å². The molecule has 3 rings (SSSR count). The Morgan fingerprint density at radius 3 is 3.07 bits per heavy atom. The summed E-state index contributed by atoms with van der Waals surface area (Å²) in [6, 6.07) is 0. The van der Waals surface area contributed by atoms with Crippen molar-refractivity contribution in [3.63, 3.8) is 0 Å². The Balaban J connectivity index is 1.83. The second-order valence-corrected chi connectivity index (χ2v) is 5.12. The first-order valence-corrected chi connectivity index (χ1v) is 6.05. The Labute approximate surface area is 90.7 Å². The van der Waals surface area contributed by atoms with Crippen LogP contribution in [0.15, 0.2) is 6.20 Å². The van der Waals surface area contributed by atoms with Crippen LogP contribution in [0.1, 0.15) is 37.7 Å². The van der Waals surface area contributed by atoms with Crippen LogP contribution in [-0.2, 0) is 19.4 Å². The molecule has 3 heteroatoms. The third-order valence-corrected chi connectivity index (χ3v) is 4.06. The van der Waals surface area contributed by atoms with Gasteiger partial charge in [-0.2, -0.15) is 0 Å². The molecule has 3 nitrogen and oxygen atoms in total. The van der Waals surface area contributed by atoms with Crippen LogP contribution in [0.4, 0.5) is 0 Å². The van der Waals surface area contributed by atoms with Crippen molar-refractivity contribution in [2.75, 3.05) is 0 Å². The van der Waals surface area contributed by atoms with E-state index in [1.807, 2.05) is 0 Å². The molecule has 1 aromatic heterocycles. The molecule has 1 saturated carbocycles. The molecule has 1 aromatic rings. The lowest BCUT2D eigenvalue weighted by atomic mass is 9.88. The molecule has 82 valence electrons. The Hall–Kier alpha value is -0.830. The predicted molar refractivity (Wildman–Crippen MR) is 59.6 cm³/mol. The molecule has 2 aliphatic rings. The Morgan fingerprint density at radius 2 is 2.40 bits per heavy atom. The van der Waals surface area contributed by atoms with Gasteiger partial charge >= 0.3 is 0 Å². The van der Waals surface area contributed by atoms with Gasteiger partial charge in [0.05, 0.1) is 5.69 Å². The summed E-state index contributed by atoms with van der Waals surface area (Å²) < 4.78 is 2.32. The van der Waals surface area contributed by atoms with E-state index in [-0.39, 0.29) is 5.54 Å². The van der Waals surface area contributed by atoms with Crippen LogP contribution >= 0.6 is 0 Å². The van der Waals surface area contributed by atoms with Crippen molar-refractivity contribution in [1.29, 1.82) is 0 Å². The maximum atomic E-state index is 6.28. The molecule has 1 aliphatic heterocycles. The molecule has 1 unspecified atom stereocenters. The molecule has 0 spiro atoms. The number of hydrogen-bond donors (Lipinski definition) is 1. The van der Waals surface area contributed by atoms with Crippen molar-refractivity contribution in [3.8, 4) is 0 Å². The van der Waals surface area contributed by atoms with E-state index in [0.29, 0.717) is 5.92 Å². The van der Waals surface area contributed by atoms with Crippen LogP contribution in [0, 0.1) is 5.92 Å². The lowest BCUT2D eigenvalue weighted by Gasteiger charge is -2.28. The van der Waals surface area contributed by atoms with Gasteiger partial charge in [0.1, 0.15) is 5.82 Å². The van der Waals surface area contributed by atoms with Crippen LogP contribution in [0.2, 0.25) is 0 Å². The molecule has 2 N–H and O–H groups in total. The van der Waals surface area contributed by atoms with Gasteiger partial charge < -0.3 is 10.3 Å². The average Bonchev–Trinajstić information content (AvgIpc) is 2.86. The van der Waals surface area contributed by atoms with Crippen molar-refractivity contribution in [1.82, 2.24) is 9.55 Å². The number of nitrogens with zero attached hydrogens (tertiary/aromatic N) is 2. The Morgan fingerprint density at radius 1 is 1.60 bits per heavy atom. The molecule has 1 fully saturated rings. The normalized spacial score (nSPS) is 27.5. The molecule has 0 aromatic carbocycles. The molecule has 0 radical (unpaired) electrons. The zero-order chi connectivity index (χ0) is 10.5. The van der Waals surface area contributed by atoms with E-state index in [4.69, 9.17) is 5.73 Å². The summed E-state index contributed by atoms with van der Waals surface area (Å²) in [6.07, 6.45) is 8.03. The highest BCUT2D eigenvalue weighted by Crippen LogP contribution is 2.44. The van der Waals surface area contributed by atoms with Gasteiger partial charge in [0.2, 0.25) is 0 Å². The molecule has 15 heavy (non-hydrogen) atoms. The third-order valence-electron chi connectivity index (χ3n) is 4.06. The number of fused-ring (bicyclic) bond motifs is 1. The number of hydrogen-bond acceptors (Lipinski definition) is 2. The van der Waals surface area contributed by atoms with Gasteiger partial charge in [-0.3, -0.25) is 0 Å². The molecule has 2 heterocycles. The van der Waals surface area contributed by atoms with Gasteiger partial charge in [-0.15, -0.1) is 0 Å². The SMILES string of the molecule is CCc1cn2c(n1)CC(C1(N)CC1)CC2. The first kappa shape index (κ1) is 9.40. The maximum Gasteiger partial charge on any atom is 0.109 e. The van der Waals surface area contributed by atoms with Gasteiger partial charge in [-0.05, 0) is 31.6 Å². The average molecular weight is 205 g/mol. The van der Waals surface area contributed by atoms with E-state index < -0.39 is 0 Å². The standard InChI is InChI=1S/C12H19N3/c1-2-10-8-15-6-3-9(7-11(15)14-10)12(13)4-5-12/h8-9H,2-7,13H2,1H3. The minimum Gasteiger partial charge on any atom is -0.335 e. The molecular formula is C12H19N3. The number of aromatic nitrogens is 2. The van der Waals surface area contributed by atoms with E-state index >= 15 is 0 Å². The monoisotopic (exact) mass is 205 g/mol. The van der Waals surface area contributed by atoms with Crippen molar-refractivity contribution < 1.29 is 0 Å². The maximum absolute atomic E-state index is 6.28. The number of nitrogens with two attached hydrogens (primary N) is 1. The van der Waals surface area contributed by atoms with E-state index in [1.165, 1.54) is 30.8 Å². The van der Waals surface area contributed by atoms with Crippen molar-refractivity contribution in [2.24, 2.45) is 11.7 Å². The van der Waals surface area contributed by atoms with E-state index in [2.05, 4.69) is 22.7 Å². The fourth-order valence-electron chi connectivity index (χ4n) is 2.70. The van der Waals surface area contributed by atoms with Gasteiger partial charge in [0.25, 0.3) is 0 Å². The minimum atomic E-state index is 0.170. The molecule has 0 saturated heterocycles. The predicted octanol–water partition coefficient (Wildman–Crippen LogP) is 1.50. The summed E-state index contributed by atoms with van der Waals surface area (Å²) in [4.78, 5) is 4.67. The smallest absolute Gasteiger partial charge is 0.109 e. The topological polar surface area (TPSA) is 43.8 Å². The first-order chi connectivity index (χ1) is 7.21. The lowest BCUT2D eigenvalue weighted by Crippen LogP contribution is -2.37. The Kier molecular flexibility index (Phi) is 1.93. The molecule has 1 atom stereocenters. The highest BCUT2D eigenvalue weighted by Gasteiger charge is 2.46. The second kappa shape index (κ2) is 3.08. The lowest BCUT2D eigenvalue weighted by molar-refractivity contribution is 0.311. The fraction of sp³-hybridized carbons (Fsp3) is 0.750. The molecular weight excluding hydrogens is 186 g/mol. The van der Waals surface area contributed by atoms with Crippen LogP contribution in [-0.4, -0.2) is 15.1 Å². The van der Waals surface area contributed by atoms with Crippen LogP contribution in [0.25, 0.3) is 0 Å². The second-order valence-electron chi connectivity index (χ2n) is 5.12. The zero-order valence-corrected chi connectivity index (χ0v) is 9.37. The van der Waals surface area contributed by atoms with Crippen LogP contribution in [0.5, 0.6) is 0 Å². The summed E-state index contributed by atoms with van der Waals surface area (Å²) in [5, 5.41) is 0. The quantitative estimate of drug-likeness (QED) is 0.795. The number of aryl methyl sites for hydroxylation is 2. The highest BCUT2D eigenvalue weighted by atomic mass is 15.1.